The van der Waals surface area contributed by atoms with Crippen molar-refractivity contribution in [2.75, 3.05) is 38.1 Å². The smallest absolute Gasteiger partial charge is 0.310 e. The van der Waals surface area contributed by atoms with Crippen molar-refractivity contribution >= 4 is 23.5 Å². The summed E-state index contributed by atoms with van der Waals surface area (Å²) in [6.45, 7) is 7.45. The number of likely N-dealkylation sites (tertiary alicyclic amines) is 1. The molecule has 7 heteroatoms. The first kappa shape index (κ1) is 20.9. The van der Waals surface area contributed by atoms with Gasteiger partial charge >= 0.3 is 5.97 Å². The predicted molar refractivity (Wildman–Crippen MR) is 103 cm³/mol. The second kappa shape index (κ2) is 10.1. The van der Waals surface area contributed by atoms with E-state index in [0.29, 0.717) is 13.2 Å². The molecule has 1 unspecified atom stereocenters. The van der Waals surface area contributed by atoms with Gasteiger partial charge in [-0.3, -0.25) is 19.3 Å². The Bertz CT molecular complexity index is 690. The minimum atomic E-state index is -0.264. The number of hydrogen-bond donors (Lipinski definition) is 2. The normalized spacial score (nSPS) is 17.2. The van der Waals surface area contributed by atoms with E-state index in [2.05, 4.69) is 10.6 Å². The molecule has 7 nitrogen and oxygen atoms in total. The van der Waals surface area contributed by atoms with Crippen LogP contribution in [-0.4, -0.2) is 55.5 Å². The maximum absolute atomic E-state index is 12.1. The molecule has 27 heavy (non-hydrogen) atoms. The lowest BCUT2D eigenvalue weighted by Crippen LogP contribution is -2.45. The number of piperidine rings is 1. The maximum atomic E-state index is 12.1. The van der Waals surface area contributed by atoms with Gasteiger partial charge in [-0.25, -0.2) is 0 Å². The van der Waals surface area contributed by atoms with E-state index in [-0.39, 0.29) is 36.8 Å². The second-order valence-electron chi connectivity index (χ2n) is 6.90. The van der Waals surface area contributed by atoms with E-state index in [9.17, 15) is 14.4 Å². The van der Waals surface area contributed by atoms with Crippen LogP contribution in [0.2, 0.25) is 0 Å². The van der Waals surface area contributed by atoms with Crippen LogP contribution in [0.5, 0.6) is 0 Å². The van der Waals surface area contributed by atoms with Crippen LogP contribution in [-0.2, 0) is 19.1 Å². The summed E-state index contributed by atoms with van der Waals surface area (Å²) in [6, 6.07) is 5.70. The molecule has 0 bridgehead atoms. The average Bonchev–Trinajstić information content (AvgIpc) is 2.64. The molecule has 1 aromatic rings. The Hall–Kier alpha value is -2.41. The molecule has 0 spiro atoms. The molecule has 0 aliphatic carbocycles. The molecule has 1 fully saturated rings. The second-order valence-corrected chi connectivity index (χ2v) is 6.90. The van der Waals surface area contributed by atoms with E-state index in [0.717, 1.165) is 36.2 Å². The van der Waals surface area contributed by atoms with Crippen molar-refractivity contribution in [3.05, 3.63) is 29.3 Å². The Morgan fingerprint density at radius 1 is 1.22 bits per heavy atom. The van der Waals surface area contributed by atoms with Crippen molar-refractivity contribution in [3.8, 4) is 0 Å². The summed E-state index contributed by atoms with van der Waals surface area (Å²) < 4.78 is 5.07. The van der Waals surface area contributed by atoms with E-state index in [1.54, 1.807) is 6.92 Å². The highest BCUT2D eigenvalue weighted by Gasteiger charge is 2.27. The number of anilines is 1. The SMILES string of the molecule is CCOC(=O)C1CCCN(CC(=O)NCC(=O)Nc2cccc(C)c2C)C1. The number of carbonyl (C=O) groups excluding carboxylic acids is 3. The highest BCUT2D eigenvalue weighted by molar-refractivity contribution is 5.95. The monoisotopic (exact) mass is 375 g/mol. The first-order chi connectivity index (χ1) is 12.9. The number of aryl methyl sites for hydroxylation is 1. The summed E-state index contributed by atoms with van der Waals surface area (Å²) in [5, 5.41) is 5.46. The fourth-order valence-corrected chi connectivity index (χ4v) is 3.17. The number of benzene rings is 1. The molecule has 1 aromatic carbocycles. The third kappa shape index (κ3) is 6.36. The standard InChI is InChI=1S/C20H29N3O4/c1-4-27-20(26)16-8-6-10-23(12-16)13-19(25)21-11-18(24)22-17-9-5-7-14(2)15(17)3/h5,7,9,16H,4,6,8,10-13H2,1-3H3,(H,21,25)(H,22,24). The summed E-state index contributed by atoms with van der Waals surface area (Å²) in [5.74, 6) is -0.870. The number of nitrogens with zero attached hydrogens (tertiary/aromatic N) is 1. The van der Waals surface area contributed by atoms with Crippen molar-refractivity contribution in [1.29, 1.82) is 0 Å². The molecule has 0 radical (unpaired) electrons. The predicted octanol–water partition coefficient (Wildman–Crippen LogP) is 1.63. The van der Waals surface area contributed by atoms with E-state index in [1.807, 2.05) is 36.9 Å². The van der Waals surface area contributed by atoms with Gasteiger partial charge in [0.1, 0.15) is 0 Å². The highest BCUT2D eigenvalue weighted by atomic mass is 16.5. The van der Waals surface area contributed by atoms with Crippen LogP contribution in [0, 0.1) is 19.8 Å². The summed E-state index contributed by atoms with van der Waals surface area (Å²) in [6.07, 6.45) is 1.64. The van der Waals surface area contributed by atoms with Gasteiger partial charge in [-0.05, 0) is 57.4 Å². The Morgan fingerprint density at radius 3 is 2.74 bits per heavy atom. The molecular weight excluding hydrogens is 346 g/mol. The Morgan fingerprint density at radius 2 is 2.00 bits per heavy atom. The van der Waals surface area contributed by atoms with Crippen molar-refractivity contribution < 1.29 is 19.1 Å². The minimum Gasteiger partial charge on any atom is -0.466 e. The largest absolute Gasteiger partial charge is 0.466 e. The first-order valence-electron chi connectivity index (χ1n) is 9.42. The summed E-state index contributed by atoms with van der Waals surface area (Å²) >= 11 is 0. The molecule has 148 valence electrons. The Labute approximate surface area is 160 Å². The summed E-state index contributed by atoms with van der Waals surface area (Å²) in [7, 11) is 0. The Balaban J connectivity index is 1.76. The zero-order valence-electron chi connectivity index (χ0n) is 16.3. The third-order valence-electron chi connectivity index (χ3n) is 4.82. The number of rotatable bonds is 7. The van der Waals surface area contributed by atoms with Crippen LogP contribution in [0.1, 0.15) is 30.9 Å². The van der Waals surface area contributed by atoms with Gasteiger partial charge in [0.15, 0.2) is 0 Å². The van der Waals surface area contributed by atoms with Gasteiger partial charge in [0.25, 0.3) is 0 Å². The molecule has 1 saturated heterocycles. The van der Waals surface area contributed by atoms with E-state index < -0.39 is 0 Å². The summed E-state index contributed by atoms with van der Waals surface area (Å²) in [4.78, 5) is 38.0. The van der Waals surface area contributed by atoms with Crippen LogP contribution < -0.4 is 10.6 Å². The maximum Gasteiger partial charge on any atom is 0.310 e. The number of hydrogen-bond acceptors (Lipinski definition) is 5. The number of ether oxygens (including phenoxy) is 1. The van der Waals surface area contributed by atoms with Crippen LogP contribution in [0.4, 0.5) is 5.69 Å². The van der Waals surface area contributed by atoms with E-state index in [1.165, 1.54) is 0 Å². The molecule has 1 atom stereocenters. The zero-order chi connectivity index (χ0) is 19.8. The topological polar surface area (TPSA) is 87.7 Å². The number of esters is 1. The van der Waals surface area contributed by atoms with Crippen molar-refractivity contribution in [2.45, 2.75) is 33.6 Å². The molecule has 0 aromatic heterocycles. The lowest BCUT2D eigenvalue weighted by atomic mass is 9.98. The van der Waals surface area contributed by atoms with Crippen LogP contribution in [0.3, 0.4) is 0 Å². The molecular formula is C20H29N3O4. The molecule has 2 amide bonds. The fourth-order valence-electron chi connectivity index (χ4n) is 3.17. The van der Waals surface area contributed by atoms with Gasteiger partial charge in [-0.15, -0.1) is 0 Å². The van der Waals surface area contributed by atoms with Gasteiger partial charge in [0, 0.05) is 12.2 Å². The molecule has 1 aliphatic heterocycles. The summed E-state index contributed by atoms with van der Waals surface area (Å²) in [5.41, 5.74) is 2.86. The number of nitrogens with one attached hydrogen (secondary N) is 2. The van der Waals surface area contributed by atoms with Gasteiger partial charge in [-0.2, -0.15) is 0 Å². The number of carbonyl (C=O) groups is 3. The molecule has 0 saturated carbocycles. The number of amides is 2. The third-order valence-corrected chi connectivity index (χ3v) is 4.82. The van der Waals surface area contributed by atoms with Crippen LogP contribution in [0.25, 0.3) is 0 Å². The quantitative estimate of drug-likeness (QED) is 0.708. The van der Waals surface area contributed by atoms with Gasteiger partial charge < -0.3 is 15.4 Å². The molecule has 1 heterocycles. The first-order valence-corrected chi connectivity index (χ1v) is 9.42. The average molecular weight is 375 g/mol. The molecule has 2 N–H and O–H groups in total. The molecule has 1 aliphatic rings. The lowest BCUT2D eigenvalue weighted by Gasteiger charge is -2.30. The fraction of sp³-hybridized carbons (Fsp3) is 0.550. The van der Waals surface area contributed by atoms with E-state index >= 15 is 0 Å². The van der Waals surface area contributed by atoms with Crippen molar-refractivity contribution in [2.24, 2.45) is 5.92 Å². The minimum absolute atomic E-state index is 0.0820. The van der Waals surface area contributed by atoms with Crippen LogP contribution >= 0.6 is 0 Å². The zero-order valence-corrected chi connectivity index (χ0v) is 16.3. The van der Waals surface area contributed by atoms with Gasteiger partial charge in [0.05, 0.1) is 25.6 Å². The van der Waals surface area contributed by atoms with Crippen molar-refractivity contribution in [1.82, 2.24) is 10.2 Å². The molecule has 2 rings (SSSR count). The van der Waals surface area contributed by atoms with Gasteiger partial charge in [-0.1, -0.05) is 12.1 Å². The van der Waals surface area contributed by atoms with Crippen LogP contribution in [0.15, 0.2) is 18.2 Å². The van der Waals surface area contributed by atoms with E-state index in [4.69, 9.17) is 4.74 Å². The van der Waals surface area contributed by atoms with Gasteiger partial charge in [0.2, 0.25) is 11.8 Å². The van der Waals surface area contributed by atoms with Crippen molar-refractivity contribution in [3.63, 3.8) is 0 Å². The lowest BCUT2D eigenvalue weighted by molar-refractivity contribution is -0.150. The highest BCUT2D eigenvalue weighted by Crippen LogP contribution is 2.18. The Kier molecular flexibility index (Phi) is 7.79.